The molecule has 2 fully saturated rings. The van der Waals surface area contributed by atoms with E-state index in [0.29, 0.717) is 0 Å². The van der Waals surface area contributed by atoms with Gasteiger partial charge in [-0.2, -0.15) is 0 Å². The number of aromatic amines is 2. The number of Topliss-reactive ketones (excluding diaryl/α,β-unsaturated/α-hetero) is 1. The Balaban J connectivity index is 1.79. The summed E-state index contributed by atoms with van der Waals surface area (Å²) in [5.41, 5.74) is 3.77. The van der Waals surface area contributed by atoms with E-state index in [4.69, 9.17) is 0 Å². The number of ketones is 1. The van der Waals surface area contributed by atoms with E-state index >= 15 is 0 Å². The van der Waals surface area contributed by atoms with Crippen LogP contribution in [0.5, 0.6) is 0 Å². The lowest BCUT2D eigenvalue weighted by molar-refractivity contribution is -0.114. The van der Waals surface area contributed by atoms with E-state index in [1.807, 2.05) is 48.8 Å². The van der Waals surface area contributed by atoms with Crippen LogP contribution in [0.3, 0.4) is 0 Å². The van der Waals surface area contributed by atoms with E-state index in [1.54, 1.807) is 0 Å². The molecule has 112 valence electrons. The molecule has 2 bridgehead atoms. The molecule has 2 aliphatic heterocycles. The van der Waals surface area contributed by atoms with E-state index < -0.39 is 0 Å². The van der Waals surface area contributed by atoms with Gasteiger partial charge in [0.25, 0.3) is 0 Å². The zero-order valence-corrected chi connectivity index (χ0v) is 12.5. The van der Waals surface area contributed by atoms with Crippen molar-refractivity contribution in [3.05, 3.63) is 59.2 Å². The van der Waals surface area contributed by atoms with E-state index in [1.165, 1.54) is 0 Å². The summed E-state index contributed by atoms with van der Waals surface area (Å²) in [5.74, 6) is 0.190. The highest BCUT2D eigenvalue weighted by molar-refractivity contribution is 6.16. The third-order valence-electron chi connectivity index (χ3n) is 4.81. The van der Waals surface area contributed by atoms with Crippen LogP contribution in [0.25, 0.3) is 12.2 Å². The molecule has 22 heavy (non-hydrogen) atoms. The Kier molecular flexibility index (Phi) is 3.12. The molecule has 0 spiro atoms. The minimum absolute atomic E-state index is 0.190. The number of piperidine rings is 1. The Morgan fingerprint density at radius 3 is 1.91 bits per heavy atom. The van der Waals surface area contributed by atoms with Crippen LogP contribution in [0.4, 0.5) is 0 Å². The van der Waals surface area contributed by atoms with Crippen LogP contribution in [0.15, 0.2) is 47.8 Å². The highest BCUT2D eigenvalue weighted by atomic mass is 16.1. The van der Waals surface area contributed by atoms with E-state index in [2.05, 4.69) is 21.9 Å². The molecule has 2 unspecified atom stereocenters. The number of carbonyl (C=O) groups is 1. The average Bonchev–Trinajstić information content (AvgIpc) is 3.22. The van der Waals surface area contributed by atoms with Crippen molar-refractivity contribution in [1.82, 2.24) is 14.9 Å². The standard InChI is InChI=1S/C18H19N3O/c1-21-16-6-7-17(21)15(11-13-5-3-9-20-13)18(22)14(16)10-12-4-2-8-19-12/h2-5,8-11,16-17,19-20H,6-7H2,1H3/b14-10-,15-11-. The fourth-order valence-corrected chi connectivity index (χ4v) is 3.69. The van der Waals surface area contributed by atoms with E-state index in [0.717, 1.165) is 35.4 Å². The highest BCUT2D eigenvalue weighted by Gasteiger charge is 2.44. The number of nitrogens with one attached hydrogen (secondary N) is 2. The van der Waals surface area contributed by atoms with Crippen LogP contribution < -0.4 is 0 Å². The number of likely N-dealkylation sites (N-methyl/N-ethyl adjacent to an activating group) is 1. The van der Waals surface area contributed by atoms with Crippen LogP contribution in [-0.4, -0.2) is 39.8 Å². The lowest BCUT2D eigenvalue weighted by atomic mass is 9.89. The fraction of sp³-hybridized carbons (Fsp3) is 0.278. The molecule has 4 rings (SSSR count). The largest absolute Gasteiger partial charge is 0.362 e. The smallest absolute Gasteiger partial charge is 0.188 e. The van der Waals surface area contributed by atoms with Gasteiger partial charge in [0, 0.05) is 47.0 Å². The van der Waals surface area contributed by atoms with Gasteiger partial charge in [-0.05, 0) is 56.3 Å². The molecule has 2 aliphatic rings. The lowest BCUT2D eigenvalue weighted by Crippen LogP contribution is -2.43. The van der Waals surface area contributed by atoms with Gasteiger partial charge in [-0.1, -0.05) is 0 Å². The quantitative estimate of drug-likeness (QED) is 0.837. The number of aromatic nitrogens is 2. The second-order valence-electron chi connectivity index (χ2n) is 6.05. The molecule has 2 aromatic rings. The summed E-state index contributed by atoms with van der Waals surface area (Å²) in [6.07, 6.45) is 9.87. The molecule has 2 saturated heterocycles. The first-order valence-electron chi connectivity index (χ1n) is 7.70. The topological polar surface area (TPSA) is 51.9 Å². The fourth-order valence-electron chi connectivity index (χ4n) is 3.69. The second kappa shape index (κ2) is 5.14. The summed E-state index contributed by atoms with van der Waals surface area (Å²) in [6, 6.07) is 8.38. The maximum Gasteiger partial charge on any atom is 0.188 e. The van der Waals surface area contributed by atoms with Crippen molar-refractivity contribution in [3.8, 4) is 0 Å². The van der Waals surface area contributed by atoms with Crippen LogP contribution >= 0.6 is 0 Å². The Hall–Kier alpha value is -2.33. The zero-order chi connectivity index (χ0) is 15.1. The second-order valence-corrected chi connectivity index (χ2v) is 6.05. The van der Waals surface area contributed by atoms with Gasteiger partial charge in [-0.25, -0.2) is 0 Å². The molecular formula is C18H19N3O. The number of hydrogen-bond acceptors (Lipinski definition) is 2. The van der Waals surface area contributed by atoms with Crippen molar-refractivity contribution < 1.29 is 4.79 Å². The summed E-state index contributed by atoms with van der Waals surface area (Å²) in [7, 11) is 2.12. The number of hydrogen-bond donors (Lipinski definition) is 2. The molecule has 4 heterocycles. The Labute approximate surface area is 129 Å². The average molecular weight is 293 g/mol. The summed E-state index contributed by atoms with van der Waals surface area (Å²) < 4.78 is 0. The van der Waals surface area contributed by atoms with Crippen LogP contribution in [0.1, 0.15) is 24.2 Å². The van der Waals surface area contributed by atoms with Crippen molar-refractivity contribution in [2.24, 2.45) is 0 Å². The minimum Gasteiger partial charge on any atom is -0.362 e. The summed E-state index contributed by atoms with van der Waals surface area (Å²) >= 11 is 0. The van der Waals surface area contributed by atoms with Crippen molar-refractivity contribution >= 4 is 17.9 Å². The van der Waals surface area contributed by atoms with Gasteiger partial charge in [0.2, 0.25) is 0 Å². The highest BCUT2D eigenvalue weighted by Crippen LogP contribution is 2.40. The maximum atomic E-state index is 13.0. The Morgan fingerprint density at radius 2 is 1.50 bits per heavy atom. The van der Waals surface area contributed by atoms with Crippen molar-refractivity contribution in [3.63, 3.8) is 0 Å². The van der Waals surface area contributed by atoms with Gasteiger partial charge in [0.05, 0.1) is 0 Å². The molecule has 4 nitrogen and oxygen atoms in total. The predicted molar refractivity (Wildman–Crippen MR) is 87.1 cm³/mol. The summed E-state index contributed by atoms with van der Waals surface area (Å²) in [6.45, 7) is 0. The third kappa shape index (κ3) is 2.07. The van der Waals surface area contributed by atoms with E-state index in [-0.39, 0.29) is 17.9 Å². The van der Waals surface area contributed by atoms with Gasteiger partial charge >= 0.3 is 0 Å². The molecule has 4 heteroatoms. The molecule has 2 aromatic heterocycles. The molecule has 0 saturated carbocycles. The number of rotatable bonds is 2. The number of H-pyrrole nitrogens is 2. The Morgan fingerprint density at radius 1 is 1.00 bits per heavy atom. The van der Waals surface area contributed by atoms with E-state index in [9.17, 15) is 4.79 Å². The minimum atomic E-state index is 0.190. The first kappa shape index (κ1) is 13.3. The first-order chi connectivity index (χ1) is 10.7. The SMILES string of the molecule is CN1C2CCC1/C(=C/c1ccc[nH]1)C(=O)/C2=C\c1ccc[nH]1. The van der Waals surface area contributed by atoms with Crippen molar-refractivity contribution in [1.29, 1.82) is 0 Å². The number of fused-ring (bicyclic) bond motifs is 2. The predicted octanol–water partition coefficient (Wildman–Crippen LogP) is 2.86. The molecule has 0 amide bonds. The van der Waals surface area contributed by atoms with Crippen molar-refractivity contribution in [2.45, 2.75) is 24.9 Å². The summed E-state index contributed by atoms with van der Waals surface area (Å²) in [4.78, 5) is 21.7. The molecule has 2 N–H and O–H groups in total. The van der Waals surface area contributed by atoms with Gasteiger partial charge in [0.15, 0.2) is 5.78 Å². The number of carbonyl (C=O) groups excluding carboxylic acids is 1. The molecular weight excluding hydrogens is 274 g/mol. The normalized spacial score (nSPS) is 28.9. The van der Waals surface area contributed by atoms with Gasteiger partial charge in [-0.3, -0.25) is 9.69 Å². The van der Waals surface area contributed by atoms with Crippen LogP contribution in [0, 0.1) is 0 Å². The molecule has 0 radical (unpaired) electrons. The molecule has 0 aromatic carbocycles. The number of nitrogens with zero attached hydrogens (tertiary/aromatic N) is 1. The van der Waals surface area contributed by atoms with Gasteiger partial charge in [0.1, 0.15) is 0 Å². The van der Waals surface area contributed by atoms with Gasteiger partial charge < -0.3 is 9.97 Å². The van der Waals surface area contributed by atoms with Crippen LogP contribution in [-0.2, 0) is 4.79 Å². The monoisotopic (exact) mass is 293 g/mol. The lowest BCUT2D eigenvalue weighted by Gasteiger charge is -2.34. The van der Waals surface area contributed by atoms with Crippen LogP contribution in [0.2, 0.25) is 0 Å². The van der Waals surface area contributed by atoms with Crippen molar-refractivity contribution in [2.75, 3.05) is 7.05 Å². The molecule has 2 atom stereocenters. The molecule has 0 aliphatic carbocycles. The third-order valence-corrected chi connectivity index (χ3v) is 4.81. The zero-order valence-electron chi connectivity index (χ0n) is 12.5. The summed E-state index contributed by atoms with van der Waals surface area (Å²) in [5, 5.41) is 0. The Bertz CT molecular complexity index is 675. The maximum absolute atomic E-state index is 13.0. The van der Waals surface area contributed by atoms with Gasteiger partial charge in [-0.15, -0.1) is 0 Å². The first-order valence-corrected chi connectivity index (χ1v) is 7.70.